The second-order valence-electron chi connectivity index (χ2n) is 6.11. The molecule has 2 rings (SSSR count). The largest absolute Gasteiger partial charge is 0.351 e. The number of aryl methyl sites for hydroxylation is 1. The summed E-state index contributed by atoms with van der Waals surface area (Å²) in [4.78, 5) is 12.7. The lowest BCUT2D eigenvalue weighted by Crippen LogP contribution is -2.46. The highest BCUT2D eigenvalue weighted by Crippen LogP contribution is 2.13. The fraction of sp³-hybridized carbons (Fsp3) is 0.316. The first-order valence-electron chi connectivity index (χ1n) is 8.42. The van der Waals surface area contributed by atoms with Crippen molar-refractivity contribution in [3.63, 3.8) is 0 Å². The molecule has 0 aliphatic carbocycles. The SMILES string of the molecule is CSCCC(NS(=O)(=O)c1ccc(C)cc1)C(=O)NCc1ccc(Cl)cc1. The average Bonchev–Trinajstić information content (AvgIpc) is 2.64. The predicted octanol–water partition coefficient (Wildman–Crippen LogP) is 3.36. The van der Waals surface area contributed by atoms with Gasteiger partial charge in [0, 0.05) is 11.6 Å². The zero-order valence-electron chi connectivity index (χ0n) is 15.2. The van der Waals surface area contributed by atoms with Crippen LogP contribution >= 0.6 is 23.4 Å². The van der Waals surface area contributed by atoms with Crippen LogP contribution in [0.3, 0.4) is 0 Å². The standard InChI is InChI=1S/C19H23ClN2O3S2/c1-14-3-9-17(10-4-14)27(24,25)22-18(11-12-26-2)19(23)21-13-15-5-7-16(20)8-6-15/h3-10,18,22H,11-13H2,1-2H3,(H,21,23). The number of thioether (sulfide) groups is 1. The molecule has 2 aromatic rings. The Morgan fingerprint density at radius 1 is 1.11 bits per heavy atom. The maximum Gasteiger partial charge on any atom is 0.241 e. The van der Waals surface area contributed by atoms with E-state index in [-0.39, 0.29) is 10.8 Å². The Bertz CT molecular complexity index is 854. The lowest BCUT2D eigenvalue weighted by Gasteiger charge is -2.18. The highest BCUT2D eigenvalue weighted by molar-refractivity contribution is 7.98. The third kappa shape index (κ3) is 6.84. The summed E-state index contributed by atoms with van der Waals surface area (Å²) >= 11 is 7.41. The summed E-state index contributed by atoms with van der Waals surface area (Å²) < 4.78 is 27.8. The predicted molar refractivity (Wildman–Crippen MR) is 112 cm³/mol. The first-order chi connectivity index (χ1) is 12.8. The molecular weight excluding hydrogens is 404 g/mol. The van der Waals surface area contributed by atoms with Crippen LogP contribution in [0.5, 0.6) is 0 Å². The summed E-state index contributed by atoms with van der Waals surface area (Å²) in [5, 5.41) is 3.41. The van der Waals surface area contributed by atoms with Crippen LogP contribution < -0.4 is 10.0 Å². The lowest BCUT2D eigenvalue weighted by molar-refractivity contribution is -0.122. The summed E-state index contributed by atoms with van der Waals surface area (Å²) in [7, 11) is -3.78. The summed E-state index contributed by atoms with van der Waals surface area (Å²) in [6, 6.07) is 12.8. The maximum atomic E-state index is 12.6. The summed E-state index contributed by atoms with van der Waals surface area (Å²) in [6.07, 6.45) is 2.32. The van der Waals surface area contributed by atoms with Crippen molar-refractivity contribution < 1.29 is 13.2 Å². The molecule has 0 aromatic heterocycles. The number of carbonyl (C=O) groups is 1. The number of hydrogen-bond donors (Lipinski definition) is 2. The molecule has 0 aliphatic heterocycles. The Morgan fingerprint density at radius 2 is 1.74 bits per heavy atom. The number of rotatable bonds is 9. The molecule has 146 valence electrons. The van der Waals surface area contributed by atoms with Crippen LogP contribution in [0.15, 0.2) is 53.4 Å². The van der Waals surface area contributed by atoms with E-state index in [9.17, 15) is 13.2 Å². The van der Waals surface area contributed by atoms with E-state index in [1.54, 1.807) is 36.0 Å². The molecule has 2 aromatic carbocycles. The molecule has 0 aliphatic rings. The van der Waals surface area contributed by atoms with Crippen molar-refractivity contribution in [2.75, 3.05) is 12.0 Å². The normalized spacial score (nSPS) is 12.6. The van der Waals surface area contributed by atoms with Gasteiger partial charge in [0.15, 0.2) is 0 Å². The summed E-state index contributed by atoms with van der Waals surface area (Å²) in [5.74, 6) is 0.310. The van der Waals surface area contributed by atoms with E-state index in [1.165, 1.54) is 12.1 Å². The number of nitrogens with one attached hydrogen (secondary N) is 2. The first kappa shape index (κ1) is 21.8. The molecule has 0 bridgehead atoms. The molecule has 0 radical (unpaired) electrons. The van der Waals surface area contributed by atoms with E-state index in [0.717, 1.165) is 11.1 Å². The van der Waals surface area contributed by atoms with E-state index in [2.05, 4.69) is 10.0 Å². The first-order valence-corrected chi connectivity index (χ1v) is 11.7. The monoisotopic (exact) mass is 426 g/mol. The molecule has 1 unspecified atom stereocenters. The zero-order valence-corrected chi connectivity index (χ0v) is 17.6. The van der Waals surface area contributed by atoms with Crippen LogP contribution in [0.4, 0.5) is 0 Å². The highest BCUT2D eigenvalue weighted by Gasteiger charge is 2.25. The second kappa shape index (κ2) is 10.1. The van der Waals surface area contributed by atoms with Crippen LogP contribution in [-0.4, -0.2) is 32.4 Å². The van der Waals surface area contributed by atoms with Crippen LogP contribution in [-0.2, 0) is 21.4 Å². The quantitative estimate of drug-likeness (QED) is 0.644. The molecule has 0 saturated carbocycles. The Labute approximate surface area is 169 Å². The Morgan fingerprint density at radius 3 is 2.33 bits per heavy atom. The molecule has 0 saturated heterocycles. The number of carbonyl (C=O) groups excluding carboxylic acids is 1. The average molecular weight is 427 g/mol. The fourth-order valence-electron chi connectivity index (χ4n) is 2.37. The molecule has 2 N–H and O–H groups in total. The lowest BCUT2D eigenvalue weighted by atomic mass is 10.2. The third-order valence-corrected chi connectivity index (χ3v) is 6.32. The van der Waals surface area contributed by atoms with E-state index >= 15 is 0 Å². The van der Waals surface area contributed by atoms with Crippen LogP contribution in [0.1, 0.15) is 17.5 Å². The molecule has 0 heterocycles. The molecular formula is C19H23ClN2O3S2. The van der Waals surface area contributed by atoms with Gasteiger partial charge < -0.3 is 5.32 Å². The van der Waals surface area contributed by atoms with Gasteiger partial charge in [-0.05, 0) is 55.2 Å². The molecule has 5 nitrogen and oxygen atoms in total. The van der Waals surface area contributed by atoms with Crippen molar-refractivity contribution in [1.82, 2.24) is 10.0 Å². The van der Waals surface area contributed by atoms with Crippen molar-refractivity contribution in [1.29, 1.82) is 0 Å². The highest BCUT2D eigenvalue weighted by atomic mass is 35.5. The minimum atomic E-state index is -3.78. The minimum absolute atomic E-state index is 0.146. The fourth-order valence-corrected chi connectivity index (χ4v) is 4.19. The minimum Gasteiger partial charge on any atom is -0.351 e. The van der Waals surface area contributed by atoms with Crippen LogP contribution in [0.25, 0.3) is 0 Å². The van der Waals surface area contributed by atoms with Crippen molar-refractivity contribution in [2.45, 2.75) is 30.8 Å². The van der Waals surface area contributed by atoms with Gasteiger partial charge in [0.25, 0.3) is 0 Å². The zero-order chi connectivity index (χ0) is 19.9. The Kier molecular flexibility index (Phi) is 8.16. The Hall–Kier alpha value is -1.54. The van der Waals surface area contributed by atoms with Gasteiger partial charge in [0.1, 0.15) is 6.04 Å². The molecule has 8 heteroatoms. The van der Waals surface area contributed by atoms with E-state index in [1.807, 2.05) is 25.3 Å². The molecule has 1 atom stereocenters. The number of benzene rings is 2. The second-order valence-corrected chi connectivity index (χ2v) is 9.25. The van der Waals surface area contributed by atoms with Crippen LogP contribution in [0, 0.1) is 6.92 Å². The van der Waals surface area contributed by atoms with Gasteiger partial charge in [-0.2, -0.15) is 16.5 Å². The third-order valence-electron chi connectivity index (χ3n) is 3.94. The van der Waals surface area contributed by atoms with Crippen molar-refractivity contribution in [2.24, 2.45) is 0 Å². The van der Waals surface area contributed by atoms with Crippen molar-refractivity contribution in [3.05, 3.63) is 64.7 Å². The van der Waals surface area contributed by atoms with Gasteiger partial charge in [-0.3, -0.25) is 4.79 Å². The van der Waals surface area contributed by atoms with Gasteiger partial charge >= 0.3 is 0 Å². The van der Waals surface area contributed by atoms with Gasteiger partial charge in [-0.15, -0.1) is 0 Å². The van der Waals surface area contributed by atoms with Crippen LogP contribution in [0.2, 0.25) is 5.02 Å². The van der Waals surface area contributed by atoms with Gasteiger partial charge in [0.2, 0.25) is 15.9 Å². The van der Waals surface area contributed by atoms with Crippen molar-refractivity contribution in [3.8, 4) is 0 Å². The number of amides is 1. The molecule has 0 spiro atoms. The topological polar surface area (TPSA) is 75.3 Å². The van der Waals surface area contributed by atoms with Gasteiger partial charge in [0.05, 0.1) is 4.90 Å². The van der Waals surface area contributed by atoms with E-state index in [4.69, 9.17) is 11.6 Å². The number of hydrogen-bond acceptors (Lipinski definition) is 4. The molecule has 1 amide bonds. The smallest absolute Gasteiger partial charge is 0.241 e. The van der Waals surface area contributed by atoms with Crippen molar-refractivity contribution >= 4 is 39.3 Å². The van der Waals surface area contributed by atoms with Gasteiger partial charge in [-0.25, -0.2) is 8.42 Å². The van der Waals surface area contributed by atoms with E-state index in [0.29, 0.717) is 23.7 Å². The molecule has 0 fully saturated rings. The summed E-state index contributed by atoms with van der Waals surface area (Å²) in [6.45, 7) is 2.19. The molecule has 27 heavy (non-hydrogen) atoms. The maximum absolute atomic E-state index is 12.6. The Balaban J connectivity index is 2.07. The number of halogens is 1. The summed E-state index contributed by atoms with van der Waals surface area (Å²) in [5.41, 5.74) is 1.85. The van der Waals surface area contributed by atoms with E-state index < -0.39 is 16.1 Å². The number of sulfonamides is 1. The van der Waals surface area contributed by atoms with Gasteiger partial charge in [-0.1, -0.05) is 41.4 Å².